The molecule has 1 fully saturated rings. The zero-order valence-electron chi connectivity index (χ0n) is 28.3. The molecule has 3 aliphatic rings. The van der Waals surface area contributed by atoms with Crippen molar-refractivity contribution in [3.05, 3.63) is 51.6 Å². The van der Waals surface area contributed by atoms with Gasteiger partial charge in [-0.15, -0.1) is 0 Å². The van der Waals surface area contributed by atoms with E-state index >= 15 is 0 Å². The highest BCUT2D eigenvalue weighted by atomic mass is 33.1. The minimum atomic E-state index is -2.35. The Labute approximate surface area is 305 Å². The highest BCUT2D eigenvalue weighted by Crippen LogP contribution is 2.52. The molecule has 1 saturated heterocycles. The largest absolute Gasteiger partial charge is 0.507 e. The van der Waals surface area contributed by atoms with Crippen molar-refractivity contribution in [3.63, 3.8) is 0 Å². The number of fused-ring (bicyclic) bond motifs is 3. The lowest BCUT2D eigenvalue weighted by Gasteiger charge is -2.42. The van der Waals surface area contributed by atoms with E-state index in [0.29, 0.717) is 11.5 Å². The molecular formula is C34H39NO15S2. The molecule has 0 aromatic heterocycles. The number of aliphatic hydroxyl groups excluding tert-OH is 2. The lowest BCUT2D eigenvalue weighted by atomic mass is 9.72. The van der Waals surface area contributed by atoms with Crippen LogP contribution in [0.2, 0.25) is 0 Å². The zero-order valence-corrected chi connectivity index (χ0v) is 30.0. The molecule has 282 valence electrons. The third kappa shape index (κ3) is 7.59. The number of ketones is 3. The predicted octanol–water partition coefficient (Wildman–Crippen LogP) is 1.87. The normalized spacial score (nSPS) is 25.7. The first kappa shape index (κ1) is 39.3. The van der Waals surface area contributed by atoms with Gasteiger partial charge in [0.05, 0.1) is 48.0 Å². The van der Waals surface area contributed by atoms with Gasteiger partial charge in [0.2, 0.25) is 5.78 Å². The number of hydrogen-bond acceptors (Lipinski definition) is 16. The summed E-state index contributed by atoms with van der Waals surface area (Å²) in [4.78, 5) is 64.0. The maximum Gasteiger partial charge on any atom is 0.407 e. The maximum absolute atomic E-state index is 13.9. The number of carboxylic acid groups (broad SMARTS) is 1. The highest BCUT2D eigenvalue weighted by Gasteiger charge is 2.50. The number of methoxy groups -OCH3 is 1. The summed E-state index contributed by atoms with van der Waals surface area (Å²) in [6.07, 6.45) is -7.21. The van der Waals surface area contributed by atoms with Crippen molar-refractivity contribution in [1.82, 2.24) is 5.32 Å². The van der Waals surface area contributed by atoms with E-state index in [1.165, 1.54) is 53.8 Å². The highest BCUT2D eigenvalue weighted by molar-refractivity contribution is 8.76. The SMILES string of the molecule is COc1cccc2c1C(=O)c1c(O)c3c(c(O)c1C2=O)C[C@@](O)(C(=O)CO)C[C@@H]3O[C@H]1C[C@H](NC(=O)OCCSSCC(C)C(=O)O)[C@H](O)[C@H](C)O1. The lowest BCUT2D eigenvalue weighted by molar-refractivity contribution is -0.249. The number of carbonyl (C=O) groups is 5. The molecule has 1 amide bonds. The maximum atomic E-state index is 13.9. The van der Waals surface area contributed by atoms with E-state index in [-0.39, 0.29) is 41.0 Å². The molecule has 7 N–H and O–H groups in total. The van der Waals surface area contributed by atoms with Crippen LogP contribution in [0.4, 0.5) is 4.79 Å². The summed E-state index contributed by atoms with van der Waals surface area (Å²) >= 11 is 0. The molecule has 2 aromatic carbocycles. The number of hydrogen-bond donors (Lipinski definition) is 7. The average Bonchev–Trinajstić information content (AvgIpc) is 3.11. The van der Waals surface area contributed by atoms with E-state index in [1.807, 2.05) is 0 Å². The van der Waals surface area contributed by atoms with Gasteiger partial charge in [-0.05, 0) is 13.0 Å². The van der Waals surface area contributed by atoms with Crippen LogP contribution in [0, 0.1) is 5.92 Å². The fourth-order valence-corrected chi connectivity index (χ4v) is 8.67. The third-order valence-corrected chi connectivity index (χ3v) is 11.8. The number of rotatable bonds is 13. The van der Waals surface area contributed by atoms with Gasteiger partial charge in [0.25, 0.3) is 0 Å². The van der Waals surface area contributed by atoms with E-state index in [2.05, 4.69) is 5.32 Å². The number of Topliss-reactive ketones (excluding diaryl/α,β-unsaturated/α-hetero) is 1. The number of phenolic OH excluding ortho intramolecular Hbond substituents is 2. The Bertz CT molecular complexity index is 1770. The number of alkyl carbamates (subject to hydrolysis) is 1. The molecule has 1 heterocycles. The van der Waals surface area contributed by atoms with Crippen molar-refractivity contribution in [3.8, 4) is 17.2 Å². The van der Waals surface area contributed by atoms with Crippen LogP contribution in [0.3, 0.4) is 0 Å². The Balaban J connectivity index is 1.39. The number of carboxylic acids is 1. The van der Waals surface area contributed by atoms with E-state index in [0.717, 1.165) is 0 Å². The topological polar surface area (TPSA) is 256 Å². The van der Waals surface area contributed by atoms with Gasteiger partial charge in [0, 0.05) is 47.5 Å². The lowest BCUT2D eigenvalue weighted by Crippen LogP contribution is -2.56. The second-order valence-corrected chi connectivity index (χ2v) is 15.4. The molecule has 0 bridgehead atoms. The minimum absolute atomic E-state index is 0.0132. The van der Waals surface area contributed by atoms with Gasteiger partial charge in [0.15, 0.2) is 17.9 Å². The standard InChI is InChI=1S/C34H39NO15S2/c1-14(32(43)44)13-52-51-8-7-48-33(45)35-18-9-22(49-15(2)27(18)38)50-20-11-34(46,21(37)12-36)10-17-24(20)31(42)26-25(29(17)40)28(39)16-5-4-6-19(47-3)23(16)30(26)41/h4-6,14-15,18,20,22,27,36,38,40,42,46H,7-13H2,1-3H3,(H,35,45)(H,43,44)/t14?,15-,18-,20-,22-,27+,34-/m0/s1. The van der Waals surface area contributed by atoms with Crippen molar-refractivity contribution in [2.75, 3.05) is 31.8 Å². The predicted molar refractivity (Wildman–Crippen MR) is 184 cm³/mol. The number of ether oxygens (including phenoxy) is 4. The number of aliphatic carboxylic acids is 1. The van der Waals surface area contributed by atoms with Crippen molar-refractivity contribution in [2.45, 2.75) is 69.4 Å². The Morgan fingerprint density at radius 3 is 2.48 bits per heavy atom. The van der Waals surface area contributed by atoms with Crippen LogP contribution in [0.1, 0.15) is 75.8 Å². The smallest absolute Gasteiger partial charge is 0.407 e. The summed E-state index contributed by atoms with van der Waals surface area (Å²) in [5, 5.41) is 66.7. The molecule has 0 spiro atoms. The van der Waals surface area contributed by atoms with Crippen LogP contribution in [0.15, 0.2) is 18.2 Å². The van der Waals surface area contributed by atoms with Crippen molar-refractivity contribution in [2.24, 2.45) is 5.92 Å². The number of aliphatic hydroxyl groups is 3. The van der Waals surface area contributed by atoms with Gasteiger partial charge in [0.1, 0.15) is 42.2 Å². The third-order valence-electron chi connectivity index (χ3n) is 9.29. The van der Waals surface area contributed by atoms with Gasteiger partial charge in [-0.2, -0.15) is 0 Å². The van der Waals surface area contributed by atoms with Crippen LogP contribution in [-0.2, 0) is 30.2 Å². The molecule has 2 aromatic rings. The molecule has 1 unspecified atom stereocenters. The summed E-state index contributed by atoms with van der Waals surface area (Å²) in [7, 11) is 3.95. The van der Waals surface area contributed by atoms with Crippen molar-refractivity contribution in [1.29, 1.82) is 0 Å². The second-order valence-electron chi connectivity index (χ2n) is 12.7. The number of phenols is 2. The monoisotopic (exact) mass is 765 g/mol. The fourth-order valence-electron chi connectivity index (χ4n) is 6.50. The Hall–Kier alpha value is -3.91. The molecule has 0 radical (unpaired) electrons. The van der Waals surface area contributed by atoms with E-state index < -0.39 is 114 Å². The number of carbonyl (C=O) groups excluding carboxylic acids is 4. The van der Waals surface area contributed by atoms with Gasteiger partial charge >= 0.3 is 12.1 Å². The molecule has 18 heteroatoms. The Morgan fingerprint density at radius 2 is 1.81 bits per heavy atom. The zero-order chi connectivity index (χ0) is 38.1. The van der Waals surface area contributed by atoms with Crippen LogP contribution in [0.25, 0.3) is 0 Å². The molecule has 5 rings (SSSR count). The van der Waals surface area contributed by atoms with Gasteiger partial charge in [-0.25, -0.2) is 4.79 Å². The number of nitrogens with one attached hydrogen (secondary N) is 1. The quantitative estimate of drug-likeness (QED) is 0.0745. The number of aromatic hydroxyl groups is 2. The summed E-state index contributed by atoms with van der Waals surface area (Å²) < 4.78 is 22.5. The average molecular weight is 766 g/mol. The first-order chi connectivity index (χ1) is 24.6. The van der Waals surface area contributed by atoms with Gasteiger partial charge in [-0.1, -0.05) is 40.6 Å². The van der Waals surface area contributed by atoms with Crippen LogP contribution >= 0.6 is 21.6 Å². The molecule has 0 saturated carbocycles. The first-order valence-electron chi connectivity index (χ1n) is 16.3. The van der Waals surface area contributed by atoms with E-state index in [4.69, 9.17) is 24.1 Å². The molecular weight excluding hydrogens is 727 g/mol. The van der Waals surface area contributed by atoms with Gasteiger partial charge in [-0.3, -0.25) is 19.2 Å². The van der Waals surface area contributed by atoms with Gasteiger partial charge < -0.3 is 54.9 Å². The van der Waals surface area contributed by atoms with E-state index in [9.17, 15) is 49.5 Å². The minimum Gasteiger partial charge on any atom is -0.507 e. The molecule has 1 aliphatic heterocycles. The molecule has 16 nitrogen and oxygen atoms in total. The van der Waals surface area contributed by atoms with Crippen molar-refractivity contribution >= 4 is 51.0 Å². The number of benzene rings is 2. The van der Waals surface area contributed by atoms with Crippen LogP contribution < -0.4 is 10.1 Å². The number of amides is 1. The van der Waals surface area contributed by atoms with Crippen molar-refractivity contribution < 1.29 is 73.6 Å². The summed E-state index contributed by atoms with van der Waals surface area (Å²) in [5.41, 5.74) is -4.13. The van der Waals surface area contributed by atoms with E-state index in [1.54, 1.807) is 6.92 Å². The molecule has 52 heavy (non-hydrogen) atoms. The summed E-state index contributed by atoms with van der Waals surface area (Å²) in [6, 6.07) is 3.29. The summed E-state index contributed by atoms with van der Waals surface area (Å²) in [6.45, 7) is 1.98. The first-order valence-corrected chi connectivity index (χ1v) is 18.7. The molecule has 7 atom stereocenters. The Kier molecular flexibility index (Phi) is 12.1. The Morgan fingerprint density at radius 1 is 1.10 bits per heavy atom. The summed E-state index contributed by atoms with van der Waals surface area (Å²) in [5.74, 6) is -4.85. The molecule has 2 aliphatic carbocycles. The second kappa shape index (κ2) is 16.0. The fraction of sp³-hybridized carbons (Fsp3) is 0.500. The van der Waals surface area contributed by atoms with Crippen LogP contribution in [0.5, 0.6) is 17.2 Å². The van der Waals surface area contributed by atoms with Crippen LogP contribution in [-0.4, -0.2) is 122 Å².